The van der Waals surface area contributed by atoms with Crippen molar-refractivity contribution >= 4 is 5.97 Å². The van der Waals surface area contributed by atoms with Gasteiger partial charge in [0.1, 0.15) is 11.9 Å². The lowest BCUT2D eigenvalue weighted by Crippen LogP contribution is -2.31. The molecular weight excluding hydrogens is 261 g/mol. The second kappa shape index (κ2) is 4.86. The van der Waals surface area contributed by atoms with E-state index in [4.69, 9.17) is 5.11 Å². The molecule has 4 nitrogen and oxygen atoms in total. The second-order valence-electron chi connectivity index (χ2n) is 4.78. The molecule has 106 valence electrons. The summed E-state index contributed by atoms with van der Waals surface area (Å²) in [5.74, 6) is -1.21. The van der Waals surface area contributed by atoms with Crippen LogP contribution in [0.4, 0.5) is 13.2 Å². The fraction of sp³-hybridized carbons (Fsp3) is 0.667. The summed E-state index contributed by atoms with van der Waals surface area (Å²) in [6.45, 7) is 1.50. The van der Waals surface area contributed by atoms with Gasteiger partial charge in [-0.3, -0.25) is 4.79 Å². The van der Waals surface area contributed by atoms with Gasteiger partial charge in [0.25, 0.3) is 0 Å². The Bertz CT molecular complexity index is 494. The molecule has 0 bridgehead atoms. The third kappa shape index (κ3) is 2.74. The monoisotopic (exact) mass is 276 g/mol. The van der Waals surface area contributed by atoms with E-state index in [1.54, 1.807) is 0 Å². The third-order valence-corrected chi connectivity index (χ3v) is 3.40. The number of carbonyl (C=O) groups is 1. The quantitative estimate of drug-likeness (QED) is 0.923. The number of alkyl halides is 3. The van der Waals surface area contributed by atoms with Gasteiger partial charge in [-0.2, -0.15) is 13.2 Å². The first-order valence-electron chi connectivity index (χ1n) is 6.15. The van der Waals surface area contributed by atoms with E-state index < -0.39 is 24.6 Å². The van der Waals surface area contributed by atoms with E-state index in [2.05, 4.69) is 4.98 Å². The van der Waals surface area contributed by atoms with Crippen LogP contribution in [0.2, 0.25) is 0 Å². The zero-order chi connectivity index (χ0) is 14.2. The van der Waals surface area contributed by atoms with Crippen LogP contribution < -0.4 is 0 Å². The van der Waals surface area contributed by atoms with Gasteiger partial charge in [-0.25, -0.2) is 4.98 Å². The molecular formula is C12H15F3N2O2. The average molecular weight is 276 g/mol. The maximum Gasteiger partial charge on any atom is 0.409 e. The molecule has 0 spiro atoms. The summed E-state index contributed by atoms with van der Waals surface area (Å²) in [5, 5.41) is 8.71. The first-order chi connectivity index (χ1) is 8.80. The fourth-order valence-electron chi connectivity index (χ4n) is 2.63. The number of hydrogen-bond acceptors (Lipinski definition) is 2. The molecule has 0 aliphatic heterocycles. The van der Waals surface area contributed by atoms with E-state index in [-0.39, 0.29) is 5.82 Å². The molecule has 1 aliphatic carbocycles. The van der Waals surface area contributed by atoms with Crippen molar-refractivity contribution in [2.75, 3.05) is 0 Å². The number of aryl methyl sites for hydroxylation is 2. The summed E-state index contributed by atoms with van der Waals surface area (Å²) in [6.07, 6.45) is -2.62. The van der Waals surface area contributed by atoms with Crippen LogP contribution in [0.15, 0.2) is 0 Å². The average Bonchev–Trinajstić information content (AvgIpc) is 2.60. The number of halogens is 3. The van der Waals surface area contributed by atoms with Crippen LogP contribution in [0.3, 0.4) is 0 Å². The lowest BCUT2D eigenvalue weighted by molar-refractivity contribution is -0.177. The van der Waals surface area contributed by atoms with Crippen molar-refractivity contribution < 1.29 is 23.1 Å². The lowest BCUT2D eigenvalue weighted by atomic mass is 10.0. The van der Waals surface area contributed by atoms with Gasteiger partial charge in [-0.1, -0.05) is 0 Å². The molecule has 7 heteroatoms. The van der Waals surface area contributed by atoms with Crippen molar-refractivity contribution in [1.29, 1.82) is 0 Å². The molecule has 0 aromatic carbocycles. The van der Waals surface area contributed by atoms with Crippen LogP contribution in [0.1, 0.15) is 42.5 Å². The van der Waals surface area contributed by atoms with Crippen LogP contribution in [0, 0.1) is 6.92 Å². The largest absolute Gasteiger partial charge is 0.481 e. The number of nitrogens with zero attached hydrogens (tertiary/aromatic N) is 2. The van der Waals surface area contributed by atoms with Crippen molar-refractivity contribution in [2.24, 2.45) is 0 Å². The summed E-state index contributed by atoms with van der Waals surface area (Å²) in [5.41, 5.74) is 1.23. The summed E-state index contributed by atoms with van der Waals surface area (Å²) in [7, 11) is 0. The topological polar surface area (TPSA) is 55.1 Å². The predicted octanol–water partition coefficient (Wildman–Crippen LogP) is 2.65. The van der Waals surface area contributed by atoms with Crippen molar-refractivity contribution in [2.45, 2.75) is 51.2 Å². The highest BCUT2D eigenvalue weighted by Gasteiger charge is 2.44. The van der Waals surface area contributed by atoms with Crippen molar-refractivity contribution in [3.63, 3.8) is 0 Å². The minimum atomic E-state index is -4.59. The van der Waals surface area contributed by atoms with E-state index in [0.717, 1.165) is 17.4 Å². The first kappa shape index (κ1) is 13.9. The Balaban J connectivity index is 2.47. The summed E-state index contributed by atoms with van der Waals surface area (Å²) in [6, 6.07) is -2.03. The molecule has 19 heavy (non-hydrogen) atoms. The number of carboxylic acids is 1. The lowest BCUT2D eigenvalue weighted by Gasteiger charge is -2.25. The summed E-state index contributed by atoms with van der Waals surface area (Å²) < 4.78 is 40.3. The highest BCUT2D eigenvalue weighted by Crippen LogP contribution is 2.37. The van der Waals surface area contributed by atoms with Gasteiger partial charge in [0, 0.05) is 5.69 Å². The standard InChI is InChI=1S/C12H15F3N2O2/c1-7-16-8-4-2-3-5-9(8)17(7)10(6-11(18)19)12(13,14)15/h10H,2-6H2,1H3,(H,18,19). The zero-order valence-electron chi connectivity index (χ0n) is 10.5. The Morgan fingerprint density at radius 2 is 2.05 bits per heavy atom. The maximum absolute atomic E-state index is 13.1. The molecule has 2 rings (SSSR count). The fourth-order valence-corrected chi connectivity index (χ4v) is 2.63. The number of hydrogen-bond donors (Lipinski definition) is 1. The van der Waals surface area contributed by atoms with Crippen molar-refractivity contribution in [3.05, 3.63) is 17.2 Å². The molecule has 1 heterocycles. The van der Waals surface area contributed by atoms with Crippen LogP contribution in [0.25, 0.3) is 0 Å². The summed E-state index contributed by atoms with van der Waals surface area (Å²) >= 11 is 0. The molecule has 1 unspecified atom stereocenters. The minimum absolute atomic E-state index is 0.246. The van der Waals surface area contributed by atoms with Gasteiger partial charge in [0.15, 0.2) is 0 Å². The van der Waals surface area contributed by atoms with Crippen LogP contribution >= 0.6 is 0 Å². The van der Waals surface area contributed by atoms with Gasteiger partial charge in [-0.05, 0) is 32.6 Å². The Morgan fingerprint density at radius 1 is 1.42 bits per heavy atom. The highest BCUT2D eigenvalue weighted by molar-refractivity contribution is 5.67. The normalized spacial score (nSPS) is 17.1. The van der Waals surface area contributed by atoms with Crippen LogP contribution in [-0.4, -0.2) is 26.8 Å². The molecule has 0 fully saturated rings. The number of aliphatic carboxylic acids is 1. The van der Waals surface area contributed by atoms with E-state index in [9.17, 15) is 18.0 Å². The molecule has 1 aliphatic rings. The van der Waals surface area contributed by atoms with E-state index in [1.165, 1.54) is 6.92 Å². The van der Waals surface area contributed by atoms with E-state index in [1.807, 2.05) is 0 Å². The molecule has 0 saturated carbocycles. The predicted molar refractivity (Wildman–Crippen MR) is 61.0 cm³/mol. The van der Waals surface area contributed by atoms with E-state index in [0.29, 0.717) is 24.2 Å². The first-order valence-corrected chi connectivity index (χ1v) is 6.15. The van der Waals surface area contributed by atoms with Gasteiger partial charge in [0.05, 0.1) is 12.1 Å². The molecule has 1 N–H and O–H groups in total. The Morgan fingerprint density at radius 3 is 2.63 bits per heavy atom. The number of carboxylic acid groups (broad SMARTS) is 1. The van der Waals surface area contributed by atoms with Gasteiger partial charge < -0.3 is 9.67 Å². The molecule has 1 aromatic heterocycles. The molecule has 1 aromatic rings. The zero-order valence-corrected chi connectivity index (χ0v) is 10.5. The Hall–Kier alpha value is -1.53. The molecule has 0 amide bonds. The minimum Gasteiger partial charge on any atom is -0.481 e. The maximum atomic E-state index is 13.1. The van der Waals surface area contributed by atoms with Crippen molar-refractivity contribution in [3.8, 4) is 0 Å². The molecule has 1 atom stereocenters. The SMILES string of the molecule is Cc1nc2c(n1C(CC(=O)O)C(F)(F)F)CCCC2. The van der Waals surface area contributed by atoms with E-state index >= 15 is 0 Å². The molecule has 0 radical (unpaired) electrons. The van der Waals surface area contributed by atoms with Gasteiger partial charge in [-0.15, -0.1) is 0 Å². The van der Waals surface area contributed by atoms with Crippen LogP contribution in [-0.2, 0) is 17.6 Å². The Labute approximate surface area is 108 Å². The number of rotatable bonds is 3. The van der Waals surface area contributed by atoms with Crippen molar-refractivity contribution in [1.82, 2.24) is 9.55 Å². The number of fused-ring (bicyclic) bond motifs is 1. The van der Waals surface area contributed by atoms with Gasteiger partial charge in [0.2, 0.25) is 0 Å². The number of aromatic nitrogens is 2. The van der Waals surface area contributed by atoms with Gasteiger partial charge >= 0.3 is 12.1 Å². The Kier molecular flexibility index (Phi) is 3.56. The third-order valence-electron chi connectivity index (χ3n) is 3.40. The smallest absolute Gasteiger partial charge is 0.409 e. The second-order valence-corrected chi connectivity index (χ2v) is 4.78. The van der Waals surface area contributed by atoms with Crippen LogP contribution in [0.5, 0.6) is 0 Å². The molecule has 0 saturated heterocycles. The summed E-state index contributed by atoms with van der Waals surface area (Å²) in [4.78, 5) is 14.9. The highest BCUT2D eigenvalue weighted by atomic mass is 19.4. The number of imidazole rings is 1.